The van der Waals surface area contributed by atoms with E-state index in [1.165, 1.54) is 4.90 Å². The number of carbonyl (C=O) groups excluding carboxylic acids is 3. The number of rotatable bonds is 5. The zero-order valence-electron chi connectivity index (χ0n) is 13.5. The lowest BCUT2D eigenvalue weighted by atomic mass is 9.85. The van der Waals surface area contributed by atoms with Gasteiger partial charge in [-0.05, 0) is 37.5 Å². The van der Waals surface area contributed by atoms with Gasteiger partial charge in [-0.1, -0.05) is 35.4 Å². The minimum Gasteiger partial charge on any atom is -0.326 e. The SMILES string of the molecule is O=C(CCCN1C(=O)[C@H]2CC=CC[C@H]2C1=O)Nc1ccc(Cl)c(Cl)c1. The van der Waals surface area contributed by atoms with Gasteiger partial charge in [0.2, 0.25) is 17.7 Å². The number of amides is 3. The topological polar surface area (TPSA) is 66.5 Å². The van der Waals surface area contributed by atoms with E-state index in [4.69, 9.17) is 23.2 Å². The molecule has 7 heteroatoms. The lowest BCUT2D eigenvalue weighted by Gasteiger charge is -2.14. The number of hydrogen-bond donors (Lipinski definition) is 1. The minimum absolute atomic E-state index is 0.107. The number of nitrogens with zero attached hydrogens (tertiary/aromatic N) is 1. The molecule has 1 saturated heterocycles. The number of benzene rings is 1. The Balaban J connectivity index is 1.49. The fourth-order valence-corrected chi connectivity index (χ4v) is 3.58. The molecular formula is C18H18Cl2N2O3. The molecule has 3 amide bonds. The van der Waals surface area contributed by atoms with Crippen LogP contribution in [-0.2, 0) is 14.4 Å². The lowest BCUT2D eigenvalue weighted by Crippen LogP contribution is -2.32. The van der Waals surface area contributed by atoms with Crippen LogP contribution in [0.1, 0.15) is 25.7 Å². The summed E-state index contributed by atoms with van der Waals surface area (Å²) in [6.45, 7) is 0.277. The molecule has 1 fully saturated rings. The number of hydrogen-bond acceptors (Lipinski definition) is 3. The van der Waals surface area contributed by atoms with Gasteiger partial charge in [0.1, 0.15) is 0 Å². The highest BCUT2D eigenvalue weighted by Gasteiger charge is 2.46. The number of allylic oxidation sites excluding steroid dienone is 2. The molecule has 0 radical (unpaired) electrons. The molecule has 1 aliphatic carbocycles. The van der Waals surface area contributed by atoms with Crippen molar-refractivity contribution in [2.24, 2.45) is 11.8 Å². The number of fused-ring (bicyclic) bond motifs is 1. The van der Waals surface area contributed by atoms with Crippen LogP contribution in [0.15, 0.2) is 30.4 Å². The second-order valence-electron chi connectivity index (χ2n) is 6.26. The first-order valence-electron chi connectivity index (χ1n) is 8.22. The second kappa shape index (κ2) is 7.58. The van der Waals surface area contributed by atoms with Gasteiger partial charge in [0.25, 0.3) is 0 Å². The molecule has 2 atom stereocenters. The molecule has 25 heavy (non-hydrogen) atoms. The lowest BCUT2D eigenvalue weighted by molar-refractivity contribution is -0.140. The molecule has 132 valence electrons. The Morgan fingerprint density at radius 2 is 1.72 bits per heavy atom. The van der Waals surface area contributed by atoms with E-state index in [0.717, 1.165) is 0 Å². The Hall–Kier alpha value is -1.85. The quantitative estimate of drug-likeness (QED) is 0.625. The van der Waals surface area contributed by atoms with Crippen molar-refractivity contribution in [2.75, 3.05) is 11.9 Å². The van der Waals surface area contributed by atoms with E-state index < -0.39 is 0 Å². The minimum atomic E-state index is -0.220. The molecule has 2 aliphatic rings. The summed E-state index contributed by atoms with van der Waals surface area (Å²) in [5, 5.41) is 3.51. The van der Waals surface area contributed by atoms with E-state index in [1.54, 1.807) is 18.2 Å². The summed E-state index contributed by atoms with van der Waals surface area (Å²) in [4.78, 5) is 38.0. The summed E-state index contributed by atoms with van der Waals surface area (Å²) in [7, 11) is 0. The van der Waals surface area contributed by atoms with Crippen LogP contribution >= 0.6 is 23.2 Å². The van der Waals surface area contributed by atoms with E-state index >= 15 is 0 Å². The summed E-state index contributed by atoms with van der Waals surface area (Å²) in [6, 6.07) is 4.85. The average molecular weight is 381 g/mol. The first kappa shape index (κ1) is 18.0. The average Bonchev–Trinajstić information content (AvgIpc) is 2.83. The molecule has 3 rings (SSSR count). The molecule has 1 heterocycles. The molecule has 0 aromatic heterocycles. The molecule has 5 nitrogen and oxygen atoms in total. The zero-order valence-corrected chi connectivity index (χ0v) is 15.0. The van der Waals surface area contributed by atoms with Crippen LogP contribution in [0, 0.1) is 11.8 Å². The summed E-state index contributed by atoms with van der Waals surface area (Å²) < 4.78 is 0. The van der Waals surface area contributed by atoms with E-state index in [1.807, 2.05) is 12.2 Å². The number of likely N-dealkylation sites (tertiary alicyclic amines) is 1. The Kier molecular flexibility index (Phi) is 5.45. The predicted octanol–water partition coefficient (Wildman–Crippen LogP) is 3.66. The molecule has 0 spiro atoms. The van der Waals surface area contributed by atoms with Crippen LogP contribution in [0.4, 0.5) is 5.69 Å². The number of halogens is 2. The summed E-state index contributed by atoms with van der Waals surface area (Å²) in [5.41, 5.74) is 0.560. The van der Waals surface area contributed by atoms with E-state index in [-0.39, 0.29) is 42.5 Å². The van der Waals surface area contributed by atoms with Crippen LogP contribution in [0.5, 0.6) is 0 Å². The van der Waals surface area contributed by atoms with Gasteiger partial charge in [0.15, 0.2) is 0 Å². The van der Waals surface area contributed by atoms with Crippen molar-refractivity contribution in [3.63, 3.8) is 0 Å². The summed E-state index contributed by atoms with van der Waals surface area (Å²) in [6.07, 6.45) is 5.82. The maximum absolute atomic E-state index is 12.3. The van der Waals surface area contributed by atoms with Crippen LogP contribution < -0.4 is 5.32 Å². The van der Waals surface area contributed by atoms with Gasteiger partial charge < -0.3 is 5.32 Å². The van der Waals surface area contributed by atoms with Crippen molar-refractivity contribution in [1.29, 1.82) is 0 Å². The molecule has 0 unspecified atom stereocenters. The fraction of sp³-hybridized carbons (Fsp3) is 0.389. The molecule has 1 N–H and O–H groups in total. The number of anilines is 1. The van der Waals surface area contributed by atoms with Gasteiger partial charge in [0.05, 0.1) is 21.9 Å². The molecule has 1 aliphatic heterocycles. The van der Waals surface area contributed by atoms with Crippen molar-refractivity contribution in [2.45, 2.75) is 25.7 Å². The van der Waals surface area contributed by atoms with Gasteiger partial charge in [-0.3, -0.25) is 19.3 Å². The Morgan fingerprint density at radius 1 is 1.08 bits per heavy atom. The highest BCUT2D eigenvalue weighted by molar-refractivity contribution is 6.42. The monoisotopic (exact) mass is 380 g/mol. The summed E-state index contributed by atoms with van der Waals surface area (Å²) >= 11 is 11.7. The first-order valence-corrected chi connectivity index (χ1v) is 8.98. The smallest absolute Gasteiger partial charge is 0.233 e. The van der Waals surface area contributed by atoms with Crippen molar-refractivity contribution >= 4 is 46.6 Å². The third-order valence-corrected chi connectivity index (χ3v) is 5.33. The first-order chi connectivity index (χ1) is 12.0. The molecule has 1 aromatic carbocycles. The predicted molar refractivity (Wildman–Crippen MR) is 96.4 cm³/mol. The summed E-state index contributed by atoms with van der Waals surface area (Å²) in [5.74, 6) is -0.852. The van der Waals surface area contributed by atoms with Gasteiger partial charge in [0, 0.05) is 18.7 Å². The van der Waals surface area contributed by atoms with Crippen molar-refractivity contribution < 1.29 is 14.4 Å². The highest BCUT2D eigenvalue weighted by Crippen LogP contribution is 2.35. The Labute approximate surface area is 156 Å². The maximum Gasteiger partial charge on any atom is 0.233 e. The van der Waals surface area contributed by atoms with Crippen LogP contribution in [-0.4, -0.2) is 29.2 Å². The Bertz CT molecular complexity index is 722. The van der Waals surface area contributed by atoms with E-state index in [9.17, 15) is 14.4 Å². The number of carbonyl (C=O) groups is 3. The molecule has 0 saturated carbocycles. The van der Waals surface area contributed by atoms with Gasteiger partial charge in [-0.25, -0.2) is 0 Å². The number of imide groups is 1. The molecule has 0 bridgehead atoms. The van der Waals surface area contributed by atoms with Crippen molar-refractivity contribution in [1.82, 2.24) is 4.90 Å². The van der Waals surface area contributed by atoms with Crippen LogP contribution in [0.2, 0.25) is 10.0 Å². The van der Waals surface area contributed by atoms with E-state index in [0.29, 0.717) is 35.0 Å². The van der Waals surface area contributed by atoms with Crippen molar-refractivity contribution in [3.8, 4) is 0 Å². The maximum atomic E-state index is 12.3. The Morgan fingerprint density at radius 3 is 2.32 bits per heavy atom. The van der Waals surface area contributed by atoms with Gasteiger partial charge in [-0.2, -0.15) is 0 Å². The van der Waals surface area contributed by atoms with Crippen molar-refractivity contribution in [3.05, 3.63) is 40.4 Å². The molecular weight excluding hydrogens is 363 g/mol. The standard InChI is InChI=1S/C18H18Cl2N2O3/c19-14-8-7-11(10-15(14)20)21-16(23)6-3-9-22-17(24)12-4-1-2-5-13(12)18(22)25/h1-2,7-8,10,12-13H,3-6,9H2,(H,21,23)/t12-,13+. The normalized spacial score (nSPS) is 22.2. The molecule has 1 aromatic rings. The third-order valence-electron chi connectivity index (χ3n) is 4.59. The van der Waals surface area contributed by atoms with Crippen LogP contribution in [0.25, 0.3) is 0 Å². The highest BCUT2D eigenvalue weighted by atomic mass is 35.5. The fourth-order valence-electron chi connectivity index (χ4n) is 3.28. The number of nitrogens with one attached hydrogen (secondary N) is 1. The second-order valence-corrected chi connectivity index (χ2v) is 7.08. The van der Waals surface area contributed by atoms with Gasteiger partial charge in [-0.15, -0.1) is 0 Å². The van der Waals surface area contributed by atoms with E-state index in [2.05, 4.69) is 5.32 Å². The zero-order chi connectivity index (χ0) is 18.0. The third kappa shape index (κ3) is 3.88. The largest absolute Gasteiger partial charge is 0.326 e. The van der Waals surface area contributed by atoms with Gasteiger partial charge >= 0.3 is 0 Å². The van der Waals surface area contributed by atoms with Crippen LogP contribution in [0.3, 0.4) is 0 Å².